The number of aldehydes is 1. The molecule has 0 fully saturated rings. The molecule has 21 heavy (non-hydrogen) atoms. The van der Waals surface area contributed by atoms with E-state index in [1.54, 1.807) is 6.08 Å². The van der Waals surface area contributed by atoms with Gasteiger partial charge >= 0.3 is 0 Å². The van der Waals surface area contributed by atoms with Crippen molar-refractivity contribution in [2.24, 2.45) is 0 Å². The number of unbranched alkanes of at least 4 members (excludes halogenated alkanes) is 1. The monoisotopic (exact) mass is 287 g/mol. The first-order valence-corrected chi connectivity index (χ1v) is 6.61. The van der Waals surface area contributed by atoms with Crippen LogP contribution in [-0.2, 0) is 4.79 Å². The van der Waals surface area contributed by atoms with Crippen LogP contribution in [-0.4, -0.2) is 17.0 Å². The zero-order chi connectivity index (χ0) is 15.7. The van der Waals surface area contributed by atoms with Crippen molar-refractivity contribution in [3.63, 3.8) is 0 Å². The van der Waals surface area contributed by atoms with E-state index in [4.69, 9.17) is 0 Å². The minimum absolute atomic E-state index is 0.0343. The van der Waals surface area contributed by atoms with E-state index in [0.29, 0.717) is 5.56 Å². The summed E-state index contributed by atoms with van der Waals surface area (Å²) in [6, 6.07) is 5.52. The summed E-state index contributed by atoms with van der Waals surface area (Å²) in [6.07, 6.45) is 7.96. The van der Waals surface area contributed by atoms with Crippen LogP contribution in [0.5, 0.6) is 0 Å². The van der Waals surface area contributed by atoms with Gasteiger partial charge in [0.2, 0.25) is 0 Å². The van der Waals surface area contributed by atoms with Crippen LogP contribution < -0.4 is 0 Å². The molecule has 0 aliphatic rings. The first kappa shape index (κ1) is 16.5. The number of hydrogen-bond acceptors (Lipinski definition) is 4. The fourth-order valence-electron chi connectivity index (χ4n) is 1.73. The molecule has 0 aromatic heterocycles. The van der Waals surface area contributed by atoms with E-state index in [-0.39, 0.29) is 11.5 Å². The smallest absolute Gasteiger partial charge is 0.269 e. The molecule has 0 amide bonds. The van der Waals surface area contributed by atoms with Crippen LogP contribution in [0.25, 0.3) is 0 Å². The molecule has 1 aromatic carbocycles. The van der Waals surface area contributed by atoms with Gasteiger partial charge in [-0.05, 0) is 50.5 Å². The molecule has 5 nitrogen and oxygen atoms in total. The van der Waals surface area contributed by atoms with Gasteiger partial charge in [-0.15, -0.1) is 0 Å². The van der Waals surface area contributed by atoms with E-state index in [2.05, 4.69) is 0 Å². The molecule has 0 N–H and O–H groups in total. The van der Waals surface area contributed by atoms with Crippen molar-refractivity contribution in [2.75, 3.05) is 0 Å². The van der Waals surface area contributed by atoms with E-state index >= 15 is 0 Å². The second kappa shape index (κ2) is 8.58. The lowest BCUT2D eigenvalue weighted by molar-refractivity contribution is -0.384. The van der Waals surface area contributed by atoms with Gasteiger partial charge in [0.1, 0.15) is 6.29 Å². The maximum atomic E-state index is 11.8. The number of nitro groups is 1. The average molecular weight is 287 g/mol. The second-order valence-electron chi connectivity index (χ2n) is 4.61. The van der Waals surface area contributed by atoms with Crippen molar-refractivity contribution in [2.45, 2.75) is 26.2 Å². The average Bonchev–Trinajstić information content (AvgIpc) is 2.47. The highest BCUT2D eigenvalue weighted by atomic mass is 16.6. The minimum atomic E-state index is -0.501. The molecular weight excluding hydrogens is 270 g/mol. The summed E-state index contributed by atoms with van der Waals surface area (Å²) in [6.45, 7) is 1.89. The number of nitro benzene ring substituents is 1. The Morgan fingerprint density at radius 2 is 1.95 bits per heavy atom. The Kier molecular flexibility index (Phi) is 6.74. The van der Waals surface area contributed by atoms with E-state index < -0.39 is 4.92 Å². The van der Waals surface area contributed by atoms with Crippen molar-refractivity contribution in [1.29, 1.82) is 0 Å². The van der Waals surface area contributed by atoms with Gasteiger partial charge in [0.25, 0.3) is 5.69 Å². The predicted octanol–water partition coefficient (Wildman–Crippen LogP) is 3.65. The lowest BCUT2D eigenvalue weighted by Crippen LogP contribution is -1.95. The van der Waals surface area contributed by atoms with Gasteiger partial charge in [0.15, 0.2) is 5.78 Å². The van der Waals surface area contributed by atoms with Crippen LogP contribution in [0.3, 0.4) is 0 Å². The third-order valence-electron chi connectivity index (χ3n) is 2.93. The largest absolute Gasteiger partial charge is 0.299 e. The Morgan fingerprint density at radius 3 is 2.52 bits per heavy atom. The van der Waals surface area contributed by atoms with Gasteiger partial charge < -0.3 is 0 Å². The SMILES string of the molecule is C/C(=C\C=O)CCC/C=C/C(=O)c1ccc([N+](=O)[O-])cc1. The highest BCUT2D eigenvalue weighted by Gasteiger charge is 2.06. The van der Waals surface area contributed by atoms with Gasteiger partial charge in [-0.1, -0.05) is 11.6 Å². The molecule has 1 rings (SSSR count). The highest BCUT2D eigenvalue weighted by Crippen LogP contribution is 2.13. The molecule has 110 valence electrons. The molecule has 0 saturated heterocycles. The lowest BCUT2D eigenvalue weighted by Gasteiger charge is -1.97. The van der Waals surface area contributed by atoms with Gasteiger partial charge in [-0.3, -0.25) is 19.7 Å². The summed E-state index contributed by atoms with van der Waals surface area (Å²) in [5, 5.41) is 10.5. The standard InChI is InChI=1S/C16H17NO4/c1-13(11-12-18)5-3-2-4-6-16(19)14-7-9-15(10-8-14)17(20)21/h4,6-12H,2-3,5H2,1H3/b6-4+,13-11+. The molecule has 0 aliphatic heterocycles. The van der Waals surface area contributed by atoms with Crippen LogP contribution in [0.2, 0.25) is 0 Å². The topological polar surface area (TPSA) is 77.3 Å². The van der Waals surface area contributed by atoms with Crippen molar-refractivity contribution < 1.29 is 14.5 Å². The Hall–Kier alpha value is -2.56. The Balaban J connectivity index is 2.45. The first-order chi connectivity index (χ1) is 10.0. The maximum Gasteiger partial charge on any atom is 0.269 e. The number of hydrogen-bond donors (Lipinski definition) is 0. The third kappa shape index (κ3) is 5.95. The normalized spacial score (nSPS) is 11.6. The molecule has 0 bridgehead atoms. The zero-order valence-corrected chi connectivity index (χ0v) is 11.8. The number of ketones is 1. The van der Waals surface area contributed by atoms with Gasteiger partial charge in [-0.2, -0.15) is 0 Å². The number of carbonyl (C=O) groups excluding carboxylic acids is 2. The molecular formula is C16H17NO4. The van der Waals surface area contributed by atoms with Crippen LogP contribution in [0, 0.1) is 10.1 Å². The van der Waals surface area contributed by atoms with E-state index in [1.807, 2.05) is 6.92 Å². The molecule has 1 aromatic rings. The number of non-ortho nitro benzene ring substituents is 1. The molecule has 0 aliphatic carbocycles. The molecule has 0 spiro atoms. The Bertz CT molecular complexity index is 570. The summed E-state index contributed by atoms with van der Waals surface area (Å²) in [7, 11) is 0. The summed E-state index contributed by atoms with van der Waals surface area (Å²) in [5.41, 5.74) is 1.40. The van der Waals surface area contributed by atoms with E-state index in [9.17, 15) is 19.7 Å². The van der Waals surface area contributed by atoms with E-state index in [0.717, 1.165) is 31.1 Å². The molecule has 0 heterocycles. The first-order valence-electron chi connectivity index (χ1n) is 6.61. The molecule has 0 saturated carbocycles. The predicted molar refractivity (Wildman–Crippen MR) is 80.2 cm³/mol. The summed E-state index contributed by atoms with van der Waals surface area (Å²) in [5.74, 6) is -0.176. The lowest BCUT2D eigenvalue weighted by atomic mass is 10.1. The van der Waals surface area contributed by atoms with Crippen molar-refractivity contribution >= 4 is 17.8 Å². The number of benzene rings is 1. The maximum absolute atomic E-state index is 11.8. The van der Waals surface area contributed by atoms with Crippen LogP contribution in [0.15, 0.2) is 48.1 Å². The molecule has 5 heteroatoms. The highest BCUT2D eigenvalue weighted by molar-refractivity contribution is 6.04. The Labute approximate surface area is 123 Å². The molecule has 0 radical (unpaired) electrons. The van der Waals surface area contributed by atoms with Gasteiger partial charge in [-0.25, -0.2) is 0 Å². The summed E-state index contributed by atoms with van der Waals surface area (Å²) < 4.78 is 0. The van der Waals surface area contributed by atoms with Gasteiger partial charge in [0, 0.05) is 17.7 Å². The third-order valence-corrected chi connectivity index (χ3v) is 2.93. The van der Waals surface area contributed by atoms with Crippen molar-refractivity contribution in [1.82, 2.24) is 0 Å². The zero-order valence-electron chi connectivity index (χ0n) is 11.8. The van der Waals surface area contributed by atoms with Crippen LogP contribution in [0.1, 0.15) is 36.5 Å². The summed E-state index contributed by atoms with van der Waals surface area (Å²) >= 11 is 0. The second-order valence-corrected chi connectivity index (χ2v) is 4.61. The quantitative estimate of drug-likeness (QED) is 0.182. The molecule has 0 atom stereocenters. The van der Waals surface area contributed by atoms with Crippen molar-refractivity contribution in [3.8, 4) is 0 Å². The van der Waals surface area contributed by atoms with Crippen molar-refractivity contribution in [3.05, 3.63) is 63.7 Å². The molecule has 0 unspecified atom stereocenters. The Morgan fingerprint density at radius 1 is 1.29 bits per heavy atom. The number of rotatable bonds is 8. The number of nitrogens with zero attached hydrogens (tertiary/aromatic N) is 1. The minimum Gasteiger partial charge on any atom is -0.299 e. The van der Waals surface area contributed by atoms with Gasteiger partial charge in [0.05, 0.1) is 4.92 Å². The van der Waals surface area contributed by atoms with Crippen LogP contribution >= 0.6 is 0 Å². The fourth-order valence-corrected chi connectivity index (χ4v) is 1.73. The number of allylic oxidation sites excluding steroid dienone is 4. The van der Waals surface area contributed by atoms with E-state index in [1.165, 1.54) is 36.4 Å². The number of carbonyl (C=O) groups is 2. The fraction of sp³-hybridized carbons (Fsp3) is 0.250. The summed E-state index contributed by atoms with van der Waals surface area (Å²) in [4.78, 5) is 32.1. The van der Waals surface area contributed by atoms with Crippen LogP contribution in [0.4, 0.5) is 5.69 Å².